The Labute approximate surface area is 123 Å². The van der Waals surface area contributed by atoms with Crippen LogP contribution in [0.15, 0.2) is 34.9 Å². The maximum Gasteiger partial charge on any atom is 0.152 e. The molecule has 6 heteroatoms. The molecule has 94 valence electrons. The van der Waals surface area contributed by atoms with Gasteiger partial charge in [-0.2, -0.15) is 0 Å². The van der Waals surface area contributed by atoms with Gasteiger partial charge >= 0.3 is 0 Å². The van der Waals surface area contributed by atoms with E-state index in [9.17, 15) is 5.11 Å². The lowest BCUT2D eigenvalue weighted by Gasteiger charge is -2.09. The van der Waals surface area contributed by atoms with E-state index in [0.29, 0.717) is 16.7 Å². The molecule has 0 aliphatic heterocycles. The van der Waals surface area contributed by atoms with Crippen LogP contribution in [0.25, 0.3) is 0 Å². The number of aromatic hydroxyl groups is 1. The van der Waals surface area contributed by atoms with E-state index in [0.717, 1.165) is 15.7 Å². The molecule has 0 aliphatic rings. The van der Waals surface area contributed by atoms with Gasteiger partial charge in [0, 0.05) is 17.2 Å². The van der Waals surface area contributed by atoms with Crippen molar-refractivity contribution in [2.75, 3.05) is 5.32 Å². The van der Waals surface area contributed by atoms with Gasteiger partial charge in [0.1, 0.15) is 5.75 Å². The average molecular weight is 348 g/mol. The summed E-state index contributed by atoms with van der Waals surface area (Å²) in [5, 5.41) is 13.2. The molecular weight excluding hydrogens is 339 g/mol. The van der Waals surface area contributed by atoms with Crippen LogP contribution in [0.1, 0.15) is 5.56 Å². The predicted molar refractivity (Wildman–Crippen MR) is 77.4 cm³/mol. The van der Waals surface area contributed by atoms with Crippen LogP contribution in [-0.4, -0.2) is 10.1 Å². The van der Waals surface area contributed by atoms with Crippen molar-refractivity contribution in [2.24, 2.45) is 0 Å². The second-order valence-electron chi connectivity index (χ2n) is 3.63. The van der Waals surface area contributed by atoms with E-state index in [2.05, 4.69) is 26.2 Å². The highest BCUT2D eigenvalue weighted by atomic mass is 79.9. The number of aromatic nitrogens is 1. The third-order valence-corrected chi connectivity index (χ3v) is 3.34. The molecule has 2 rings (SSSR count). The fraction of sp³-hybridized carbons (Fsp3) is 0.0833. The van der Waals surface area contributed by atoms with E-state index >= 15 is 0 Å². The first-order chi connectivity index (χ1) is 8.56. The standard InChI is InChI=1S/C12H9BrCl2N2O/c13-8-4-10(12(15)17-6-8)16-5-7-1-2-11(18)9(14)3-7/h1-4,6,16,18H,5H2. The molecule has 0 spiro atoms. The number of benzene rings is 1. The van der Waals surface area contributed by atoms with Gasteiger partial charge in [-0.1, -0.05) is 29.3 Å². The zero-order chi connectivity index (χ0) is 13.1. The van der Waals surface area contributed by atoms with Gasteiger partial charge in [0.2, 0.25) is 0 Å². The zero-order valence-corrected chi connectivity index (χ0v) is 12.2. The molecule has 0 atom stereocenters. The molecule has 0 radical (unpaired) electrons. The number of hydrogen-bond donors (Lipinski definition) is 2. The minimum absolute atomic E-state index is 0.0718. The Balaban J connectivity index is 2.11. The SMILES string of the molecule is Oc1ccc(CNc2cc(Br)cnc2Cl)cc1Cl. The first-order valence-electron chi connectivity index (χ1n) is 5.08. The number of halogens is 3. The maximum absolute atomic E-state index is 9.32. The second kappa shape index (κ2) is 5.78. The number of hydrogen-bond acceptors (Lipinski definition) is 3. The van der Waals surface area contributed by atoms with Crippen molar-refractivity contribution in [2.45, 2.75) is 6.54 Å². The van der Waals surface area contributed by atoms with Gasteiger partial charge < -0.3 is 10.4 Å². The van der Waals surface area contributed by atoms with Crippen LogP contribution < -0.4 is 5.32 Å². The average Bonchev–Trinajstić information content (AvgIpc) is 2.34. The largest absolute Gasteiger partial charge is 0.506 e. The Morgan fingerprint density at radius 3 is 2.78 bits per heavy atom. The lowest BCUT2D eigenvalue weighted by atomic mass is 10.2. The van der Waals surface area contributed by atoms with Gasteiger partial charge in [-0.05, 0) is 39.7 Å². The van der Waals surface area contributed by atoms with Gasteiger partial charge in [0.25, 0.3) is 0 Å². The van der Waals surface area contributed by atoms with Gasteiger partial charge in [-0.15, -0.1) is 0 Å². The van der Waals surface area contributed by atoms with E-state index in [1.165, 1.54) is 0 Å². The van der Waals surface area contributed by atoms with Crippen molar-refractivity contribution in [3.8, 4) is 5.75 Å². The second-order valence-corrected chi connectivity index (χ2v) is 5.31. The lowest BCUT2D eigenvalue weighted by Crippen LogP contribution is -2.00. The third kappa shape index (κ3) is 3.28. The Hall–Kier alpha value is -0.970. The number of nitrogens with one attached hydrogen (secondary N) is 1. The maximum atomic E-state index is 9.32. The summed E-state index contributed by atoms with van der Waals surface area (Å²) >= 11 is 15.1. The summed E-state index contributed by atoms with van der Waals surface area (Å²) in [6.07, 6.45) is 1.63. The highest BCUT2D eigenvalue weighted by molar-refractivity contribution is 9.10. The molecule has 0 saturated carbocycles. The number of pyridine rings is 1. The third-order valence-electron chi connectivity index (χ3n) is 2.30. The molecule has 2 N–H and O–H groups in total. The minimum atomic E-state index is 0.0718. The van der Waals surface area contributed by atoms with Crippen LogP contribution in [0.2, 0.25) is 10.2 Å². The number of nitrogens with zero attached hydrogens (tertiary/aromatic N) is 1. The molecule has 18 heavy (non-hydrogen) atoms. The van der Waals surface area contributed by atoms with Crippen molar-refractivity contribution < 1.29 is 5.11 Å². The highest BCUT2D eigenvalue weighted by Gasteiger charge is 2.04. The van der Waals surface area contributed by atoms with Crippen molar-refractivity contribution in [1.82, 2.24) is 4.98 Å². The fourth-order valence-corrected chi connectivity index (χ4v) is 2.11. The normalized spacial score (nSPS) is 10.4. The summed E-state index contributed by atoms with van der Waals surface area (Å²) in [7, 11) is 0. The Kier molecular flexibility index (Phi) is 4.32. The summed E-state index contributed by atoms with van der Waals surface area (Å²) in [5.41, 5.74) is 1.67. The van der Waals surface area contributed by atoms with E-state index in [1.54, 1.807) is 24.4 Å². The fourth-order valence-electron chi connectivity index (χ4n) is 1.40. The van der Waals surface area contributed by atoms with Gasteiger partial charge in [0.05, 0.1) is 10.7 Å². The topological polar surface area (TPSA) is 45.1 Å². The van der Waals surface area contributed by atoms with Gasteiger partial charge in [-0.25, -0.2) is 4.98 Å². The Morgan fingerprint density at radius 1 is 1.28 bits per heavy atom. The summed E-state index contributed by atoms with van der Waals surface area (Å²) < 4.78 is 0.845. The van der Waals surface area contributed by atoms with E-state index in [-0.39, 0.29) is 5.75 Å². The van der Waals surface area contributed by atoms with Crippen LogP contribution in [0, 0.1) is 0 Å². The Bertz CT molecular complexity index is 578. The molecule has 3 nitrogen and oxygen atoms in total. The molecule has 2 aromatic rings. The van der Waals surface area contributed by atoms with Gasteiger partial charge in [0.15, 0.2) is 5.15 Å². The Morgan fingerprint density at radius 2 is 2.06 bits per heavy atom. The predicted octanol–water partition coefficient (Wildman–Crippen LogP) is 4.47. The van der Waals surface area contributed by atoms with Crippen molar-refractivity contribution >= 4 is 44.8 Å². The first-order valence-corrected chi connectivity index (χ1v) is 6.63. The molecule has 1 aromatic heterocycles. The molecule has 0 saturated heterocycles. The summed E-state index contributed by atoms with van der Waals surface area (Å²) in [6.45, 7) is 0.540. The van der Waals surface area contributed by atoms with E-state index in [4.69, 9.17) is 23.2 Å². The first kappa shape index (κ1) is 13.5. The molecule has 0 amide bonds. The van der Waals surface area contributed by atoms with Crippen LogP contribution in [0.4, 0.5) is 5.69 Å². The van der Waals surface area contributed by atoms with Crippen LogP contribution in [0.3, 0.4) is 0 Å². The molecular formula is C12H9BrCl2N2O. The molecule has 1 aromatic carbocycles. The number of anilines is 1. The molecule has 0 aliphatic carbocycles. The van der Waals surface area contributed by atoms with Crippen molar-refractivity contribution in [3.05, 3.63) is 50.7 Å². The van der Waals surface area contributed by atoms with Crippen molar-refractivity contribution in [3.63, 3.8) is 0 Å². The molecule has 0 unspecified atom stereocenters. The minimum Gasteiger partial charge on any atom is -0.506 e. The monoisotopic (exact) mass is 346 g/mol. The van der Waals surface area contributed by atoms with Crippen LogP contribution in [0.5, 0.6) is 5.75 Å². The van der Waals surface area contributed by atoms with Crippen molar-refractivity contribution in [1.29, 1.82) is 0 Å². The number of phenols is 1. The number of rotatable bonds is 3. The summed E-state index contributed by atoms with van der Waals surface area (Å²) in [4.78, 5) is 4.01. The quantitative estimate of drug-likeness (QED) is 0.805. The molecule has 0 fully saturated rings. The van der Waals surface area contributed by atoms with E-state index < -0.39 is 0 Å². The molecule has 1 heterocycles. The number of phenolic OH excluding ortho intramolecular Hbond substituents is 1. The summed E-state index contributed by atoms with van der Waals surface area (Å²) in [6, 6.07) is 6.88. The lowest BCUT2D eigenvalue weighted by molar-refractivity contribution is 0.475. The van der Waals surface area contributed by atoms with Gasteiger partial charge in [-0.3, -0.25) is 0 Å². The summed E-state index contributed by atoms with van der Waals surface area (Å²) in [5.74, 6) is 0.0718. The smallest absolute Gasteiger partial charge is 0.152 e. The van der Waals surface area contributed by atoms with E-state index in [1.807, 2.05) is 6.07 Å². The van der Waals surface area contributed by atoms with Crippen LogP contribution in [-0.2, 0) is 6.54 Å². The highest BCUT2D eigenvalue weighted by Crippen LogP contribution is 2.26. The van der Waals surface area contributed by atoms with Crippen LogP contribution >= 0.6 is 39.1 Å². The molecule has 0 bridgehead atoms. The zero-order valence-electron chi connectivity index (χ0n) is 9.12.